The number of carbonyl (C=O) groups is 3. The third-order valence-corrected chi connectivity index (χ3v) is 5.89. The first kappa shape index (κ1) is 21.8. The fourth-order valence-corrected chi connectivity index (χ4v) is 4.33. The lowest BCUT2D eigenvalue weighted by Crippen LogP contribution is -2.23. The highest BCUT2D eigenvalue weighted by Gasteiger charge is 2.13. The van der Waals surface area contributed by atoms with E-state index in [1.54, 1.807) is 17.6 Å². The normalized spacial score (nSPS) is 11.6. The Morgan fingerprint density at radius 3 is 2.77 bits per heavy atom. The number of aryl methyl sites for hydroxylation is 2. The molecule has 30 heavy (non-hydrogen) atoms. The van der Waals surface area contributed by atoms with E-state index in [2.05, 4.69) is 15.5 Å². The van der Waals surface area contributed by atoms with Gasteiger partial charge in [0.1, 0.15) is 12.3 Å². The van der Waals surface area contributed by atoms with Crippen molar-refractivity contribution in [2.45, 2.75) is 20.4 Å². The first-order valence-corrected chi connectivity index (χ1v) is 10.9. The number of hydrogen-bond donors (Lipinski definition) is 1. The number of methoxy groups -OCH3 is 1. The molecular weight excluding hydrogens is 428 g/mol. The van der Waals surface area contributed by atoms with Crippen LogP contribution in [0, 0.1) is 13.8 Å². The van der Waals surface area contributed by atoms with Gasteiger partial charge in [0.05, 0.1) is 28.8 Å². The molecule has 0 aliphatic carbocycles. The van der Waals surface area contributed by atoms with Crippen LogP contribution < -0.4 is 10.1 Å². The standard InChI is InChI=1S/C19H20N4O5S2/c1-11-4-5-13-14(6-11)30-19(23(13)8-18(26)27-3)21-17(25)10-29-9-16(24)20-15-7-12(2)28-22-15/h4-7H,8-10H2,1-3H3,(H,20,22,24). The Morgan fingerprint density at radius 1 is 1.27 bits per heavy atom. The van der Waals surface area contributed by atoms with Crippen LogP contribution in [-0.4, -0.2) is 46.1 Å². The SMILES string of the molecule is COC(=O)Cn1c(=NC(=O)CSCC(=O)Nc2cc(C)on2)sc2cc(C)ccc21. The molecule has 2 amide bonds. The molecule has 0 saturated carbocycles. The van der Waals surface area contributed by atoms with Gasteiger partial charge in [0, 0.05) is 6.07 Å². The maximum Gasteiger partial charge on any atom is 0.325 e. The summed E-state index contributed by atoms with van der Waals surface area (Å²) in [7, 11) is 1.31. The second kappa shape index (κ2) is 9.72. The number of carbonyl (C=O) groups excluding carboxylic acids is 3. The van der Waals surface area contributed by atoms with Gasteiger partial charge in [-0.2, -0.15) is 4.99 Å². The zero-order valence-corrected chi connectivity index (χ0v) is 18.3. The van der Waals surface area contributed by atoms with Crippen LogP contribution in [0.15, 0.2) is 33.8 Å². The van der Waals surface area contributed by atoms with E-state index in [1.807, 2.05) is 25.1 Å². The number of anilines is 1. The average molecular weight is 449 g/mol. The van der Waals surface area contributed by atoms with E-state index in [4.69, 9.17) is 9.26 Å². The highest BCUT2D eigenvalue weighted by molar-refractivity contribution is 8.00. The lowest BCUT2D eigenvalue weighted by Gasteiger charge is -2.04. The maximum absolute atomic E-state index is 12.3. The number of esters is 1. The molecule has 9 nitrogen and oxygen atoms in total. The first-order chi connectivity index (χ1) is 14.4. The third kappa shape index (κ3) is 5.57. The topological polar surface area (TPSA) is 116 Å². The summed E-state index contributed by atoms with van der Waals surface area (Å²) in [5, 5.41) is 6.27. The van der Waals surface area contributed by atoms with Crippen molar-refractivity contribution in [1.82, 2.24) is 9.72 Å². The zero-order chi connectivity index (χ0) is 21.7. The van der Waals surface area contributed by atoms with Crippen molar-refractivity contribution in [3.05, 3.63) is 40.4 Å². The molecule has 0 bridgehead atoms. The Kier molecular flexibility index (Phi) is 7.06. The molecule has 2 aromatic heterocycles. The molecule has 0 aliphatic rings. The van der Waals surface area contributed by atoms with Gasteiger partial charge < -0.3 is 19.1 Å². The summed E-state index contributed by atoms with van der Waals surface area (Å²) in [6.07, 6.45) is 0. The summed E-state index contributed by atoms with van der Waals surface area (Å²) in [5.74, 6) is -0.105. The molecule has 0 aliphatic heterocycles. The van der Waals surface area contributed by atoms with Crippen LogP contribution in [0.1, 0.15) is 11.3 Å². The molecule has 1 N–H and O–H groups in total. The van der Waals surface area contributed by atoms with Crippen molar-refractivity contribution in [3.63, 3.8) is 0 Å². The van der Waals surface area contributed by atoms with Crippen LogP contribution in [0.5, 0.6) is 0 Å². The van der Waals surface area contributed by atoms with Gasteiger partial charge in [-0.25, -0.2) is 0 Å². The van der Waals surface area contributed by atoms with Gasteiger partial charge in [-0.1, -0.05) is 22.6 Å². The predicted molar refractivity (Wildman–Crippen MR) is 114 cm³/mol. The van der Waals surface area contributed by atoms with Crippen molar-refractivity contribution in [2.75, 3.05) is 23.9 Å². The quantitative estimate of drug-likeness (QED) is 0.551. The number of nitrogens with one attached hydrogen (secondary N) is 1. The zero-order valence-electron chi connectivity index (χ0n) is 16.6. The van der Waals surface area contributed by atoms with E-state index in [0.717, 1.165) is 27.5 Å². The van der Waals surface area contributed by atoms with Crippen molar-refractivity contribution in [2.24, 2.45) is 4.99 Å². The molecule has 2 heterocycles. The van der Waals surface area contributed by atoms with E-state index in [0.29, 0.717) is 16.4 Å². The van der Waals surface area contributed by atoms with E-state index >= 15 is 0 Å². The predicted octanol–water partition coefficient (Wildman–Crippen LogP) is 2.28. The number of hydrogen-bond acceptors (Lipinski definition) is 8. The number of rotatable bonds is 7. The van der Waals surface area contributed by atoms with Gasteiger partial charge in [-0.3, -0.25) is 14.4 Å². The maximum atomic E-state index is 12.3. The molecule has 1 aromatic carbocycles. The van der Waals surface area contributed by atoms with Crippen LogP contribution in [0.2, 0.25) is 0 Å². The molecule has 0 unspecified atom stereocenters. The Balaban J connectivity index is 1.68. The van der Waals surface area contributed by atoms with Gasteiger partial charge in [0.25, 0.3) is 5.91 Å². The molecule has 158 valence electrons. The van der Waals surface area contributed by atoms with Crippen molar-refractivity contribution >= 4 is 56.9 Å². The fraction of sp³-hybridized carbons (Fsp3) is 0.316. The minimum absolute atomic E-state index is 0.0246. The Labute approximate surface area is 180 Å². The van der Waals surface area contributed by atoms with Crippen LogP contribution in [0.25, 0.3) is 10.2 Å². The highest BCUT2D eigenvalue weighted by Crippen LogP contribution is 2.19. The Bertz CT molecular complexity index is 1160. The molecule has 0 atom stereocenters. The number of benzene rings is 1. The molecule has 0 fully saturated rings. The third-order valence-electron chi connectivity index (χ3n) is 3.93. The largest absolute Gasteiger partial charge is 0.468 e. The number of fused-ring (bicyclic) bond motifs is 1. The van der Waals surface area contributed by atoms with Gasteiger partial charge in [-0.05, 0) is 31.5 Å². The average Bonchev–Trinajstić information content (AvgIpc) is 3.24. The number of aromatic nitrogens is 2. The molecule has 3 aromatic rings. The number of nitrogens with zero attached hydrogens (tertiary/aromatic N) is 3. The van der Waals surface area contributed by atoms with Crippen LogP contribution >= 0.6 is 23.1 Å². The van der Waals surface area contributed by atoms with E-state index in [1.165, 1.54) is 18.4 Å². The summed E-state index contributed by atoms with van der Waals surface area (Å²) in [6, 6.07) is 7.39. The summed E-state index contributed by atoms with van der Waals surface area (Å²) in [4.78, 5) is 40.6. The second-order valence-corrected chi connectivity index (χ2v) is 8.38. The lowest BCUT2D eigenvalue weighted by molar-refractivity contribution is -0.141. The number of amides is 2. The van der Waals surface area contributed by atoms with Crippen LogP contribution in [-0.2, 0) is 25.7 Å². The molecule has 0 radical (unpaired) electrons. The minimum Gasteiger partial charge on any atom is -0.468 e. The molecule has 0 saturated heterocycles. The van der Waals surface area contributed by atoms with Gasteiger partial charge >= 0.3 is 5.97 Å². The number of thioether (sulfide) groups is 1. The van der Waals surface area contributed by atoms with E-state index in [9.17, 15) is 14.4 Å². The summed E-state index contributed by atoms with van der Waals surface area (Å²) in [5.41, 5.74) is 1.87. The smallest absolute Gasteiger partial charge is 0.325 e. The fourth-order valence-electron chi connectivity index (χ4n) is 2.59. The van der Waals surface area contributed by atoms with Gasteiger partial charge in [0.15, 0.2) is 10.6 Å². The first-order valence-electron chi connectivity index (χ1n) is 8.91. The summed E-state index contributed by atoms with van der Waals surface area (Å²) < 4.78 is 12.2. The Hall–Kier alpha value is -2.92. The summed E-state index contributed by atoms with van der Waals surface area (Å²) in [6.45, 7) is 3.64. The number of ether oxygens (including phenoxy) is 1. The summed E-state index contributed by atoms with van der Waals surface area (Å²) >= 11 is 2.46. The second-order valence-electron chi connectivity index (χ2n) is 6.39. The lowest BCUT2D eigenvalue weighted by atomic mass is 10.2. The molecule has 0 spiro atoms. The van der Waals surface area contributed by atoms with Crippen molar-refractivity contribution in [1.29, 1.82) is 0 Å². The number of thiazole rings is 1. The van der Waals surface area contributed by atoms with Crippen molar-refractivity contribution in [3.8, 4) is 0 Å². The Morgan fingerprint density at radius 2 is 2.07 bits per heavy atom. The van der Waals surface area contributed by atoms with Crippen LogP contribution in [0.3, 0.4) is 0 Å². The molecule has 11 heteroatoms. The van der Waals surface area contributed by atoms with Crippen LogP contribution in [0.4, 0.5) is 5.82 Å². The van der Waals surface area contributed by atoms with E-state index < -0.39 is 11.9 Å². The van der Waals surface area contributed by atoms with Gasteiger partial charge in [0.2, 0.25) is 5.91 Å². The monoisotopic (exact) mass is 448 g/mol. The highest BCUT2D eigenvalue weighted by atomic mass is 32.2. The molecular formula is C19H20N4O5S2. The van der Waals surface area contributed by atoms with Gasteiger partial charge in [-0.15, -0.1) is 11.8 Å². The van der Waals surface area contributed by atoms with Crippen molar-refractivity contribution < 1.29 is 23.6 Å². The minimum atomic E-state index is -0.432. The molecule has 3 rings (SSSR count). The van der Waals surface area contributed by atoms with E-state index in [-0.39, 0.29) is 24.0 Å².